The highest BCUT2D eigenvalue weighted by atomic mass is 16.2. The smallest absolute Gasteiger partial charge is 0.223 e. The van der Waals surface area contributed by atoms with E-state index in [1.807, 2.05) is 6.07 Å². The summed E-state index contributed by atoms with van der Waals surface area (Å²) in [5.41, 5.74) is 1.31. The lowest BCUT2D eigenvalue weighted by Crippen LogP contribution is -2.38. The Kier molecular flexibility index (Phi) is 4.36. The second-order valence-electron chi connectivity index (χ2n) is 6.05. The van der Waals surface area contributed by atoms with Crippen molar-refractivity contribution in [2.75, 3.05) is 26.2 Å². The molecule has 2 fully saturated rings. The molecule has 1 aliphatic carbocycles. The van der Waals surface area contributed by atoms with Gasteiger partial charge in [0.15, 0.2) is 0 Å². The average Bonchev–Trinajstić information content (AvgIpc) is 3.30. The molecule has 1 N–H and O–H groups in total. The monoisotopic (exact) mass is 272 g/mol. The van der Waals surface area contributed by atoms with Crippen LogP contribution in [0.5, 0.6) is 0 Å². The highest BCUT2D eigenvalue weighted by Crippen LogP contribution is 2.47. The van der Waals surface area contributed by atoms with E-state index in [2.05, 4.69) is 34.5 Å². The van der Waals surface area contributed by atoms with Gasteiger partial charge in [0.1, 0.15) is 0 Å². The predicted octanol–water partition coefficient (Wildman–Crippen LogP) is 2.39. The maximum absolute atomic E-state index is 12.1. The Morgan fingerprint density at radius 3 is 2.65 bits per heavy atom. The van der Waals surface area contributed by atoms with E-state index in [0.29, 0.717) is 5.92 Å². The molecule has 1 aromatic carbocycles. The number of benzene rings is 1. The SMILES string of the molecule is O=C(NCCN1CCCCC1)C1CC1c1ccccc1. The summed E-state index contributed by atoms with van der Waals surface area (Å²) in [5, 5.41) is 3.11. The van der Waals surface area contributed by atoms with Crippen LogP contribution < -0.4 is 5.32 Å². The predicted molar refractivity (Wildman–Crippen MR) is 80.6 cm³/mol. The average molecular weight is 272 g/mol. The normalized spacial score (nSPS) is 26.2. The second kappa shape index (κ2) is 6.40. The first kappa shape index (κ1) is 13.6. The molecule has 3 heteroatoms. The Morgan fingerprint density at radius 1 is 1.15 bits per heavy atom. The van der Waals surface area contributed by atoms with E-state index in [-0.39, 0.29) is 11.8 Å². The Balaban J connectivity index is 1.38. The molecule has 108 valence electrons. The number of nitrogens with one attached hydrogen (secondary N) is 1. The van der Waals surface area contributed by atoms with E-state index < -0.39 is 0 Å². The minimum absolute atomic E-state index is 0.207. The summed E-state index contributed by atoms with van der Waals surface area (Å²) in [5.74, 6) is 0.904. The van der Waals surface area contributed by atoms with E-state index >= 15 is 0 Å². The van der Waals surface area contributed by atoms with E-state index in [1.54, 1.807) is 0 Å². The van der Waals surface area contributed by atoms with Gasteiger partial charge in [-0.1, -0.05) is 36.8 Å². The van der Waals surface area contributed by atoms with Crippen LogP contribution in [0, 0.1) is 5.92 Å². The maximum Gasteiger partial charge on any atom is 0.223 e. The molecule has 1 heterocycles. The number of piperidine rings is 1. The summed E-state index contributed by atoms with van der Waals surface area (Å²) < 4.78 is 0. The lowest BCUT2D eigenvalue weighted by molar-refractivity contribution is -0.122. The number of carbonyl (C=O) groups excluding carboxylic acids is 1. The molecule has 0 radical (unpaired) electrons. The van der Waals surface area contributed by atoms with Gasteiger partial charge >= 0.3 is 0 Å². The summed E-state index contributed by atoms with van der Waals surface area (Å²) in [4.78, 5) is 14.6. The highest BCUT2D eigenvalue weighted by molar-refractivity contribution is 5.82. The van der Waals surface area contributed by atoms with Gasteiger partial charge in [0.2, 0.25) is 5.91 Å². The van der Waals surface area contributed by atoms with Crippen molar-refractivity contribution in [2.45, 2.75) is 31.6 Å². The number of nitrogens with zero attached hydrogens (tertiary/aromatic N) is 1. The summed E-state index contributed by atoms with van der Waals surface area (Å²) in [6.07, 6.45) is 5.00. The summed E-state index contributed by atoms with van der Waals surface area (Å²) >= 11 is 0. The lowest BCUT2D eigenvalue weighted by atomic mass is 10.1. The van der Waals surface area contributed by atoms with Gasteiger partial charge in [-0.05, 0) is 43.8 Å². The van der Waals surface area contributed by atoms with Crippen molar-refractivity contribution in [2.24, 2.45) is 5.92 Å². The van der Waals surface area contributed by atoms with Crippen LogP contribution in [0.2, 0.25) is 0 Å². The molecule has 2 aliphatic rings. The first-order valence-electron chi connectivity index (χ1n) is 7.89. The van der Waals surface area contributed by atoms with Gasteiger partial charge in [-0.15, -0.1) is 0 Å². The highest BCUT2D eigenvalue weighted by Gasteiger charge is 2.43. The molecule has 3 nitrogen and oxygen atoms in total. The largest absolute Gasteiger partial charge is 0.355 e. The maximum atomic E-state index is 12.1. The van der Waals surface area contributed by atoms with Crippen LogP contribution >= 0.6 is 0 Å². The minimum atomic E-state index is 0.207. The number of hydrogen-bond donors (Lipinski definition) is 1. The Bertz CT molecular complexity index is 440. The fourth-order valence-electron chi connectivity index (χ4n) is 3.20. The molecule has 3 rings (SSSR count). The first-order valence-corrected chi connectivity index (χ1v) is 7.89. The van der Waals surface area contributed by atoms with Gasteiger partial charge in [-0.3, -0.25) is 4.79 Å². The van der Waals surface area contributed by atoms with E-state index in [0.717, 1.165) is 19.5 Å². The van der Waals surface area contributed by atoms with Crippen molar-refractivity contribution < 1.29 is 4.79 Å². The van der Waals surface area contributed by atoms with Crippen molar-refractivity contribution in [3.8, 4) is 0 Å². The summed E-state index contributed by atoms with van der Waals surface area (Å²) in [7, 11) is 0. The second-order valence-corrected chi connectivity index (χ2v) is 6.05. The zero-order valence-electron chi connectivity index (χ0n) is 12.1. The quantitative estimate of drug-likeness (QED) is 0.892. The molecular weight excluding hydrogens is 248 g/mol. The number of hydrogen-bond acceptors (Lipinski definition) is 2. The van der Waals surface area contributed by atoms with Gasteiger partial charge in [0.25, 0.3) is 0 Å². The molecular formula is C17H24N2O. The van der Waals surface area contributed by atoms with Gasteiger partial charge in [0.05, 0.1) is 0 Å². The van der Waals surface area contributed by atoms with Gasteiger partial charge < -0.3 is 10.2 Å². The molecule has 0 bridgehead atoms. The van der Waals surface area contributed by atoms with Crippen molar-refractivity contribution in [1.29, 1.82) is 0 Å². The van der Waals surface area contributed by atoms with Crippen LogP contribution in [-0.4, -0.2) is 37.0 Å². The number of amides is 1. The first-order chi connectivity index (χ1) is 9.84. The fourth-order valence-corrected chi connectivity index (χ4v) is 3.20. The lowest BCUT2D eigenvalue weighted by Gasteiger charge is -2.26. The third kappa shape index (κ3) is 3.40. The number of carbonyl (C=O) groups is 1. The van der Waals surface area contributed by atoms with Gasteiger partial charge in [0, 0.05) is 19.0 Å². The molecule has 1 amide bonds. The Hall–Kier alpha value is -1.35. The number of rotatable bonds is 5. The molecule has 1 aliphatic heterocycles. The zero-order valence-corrected chi connectivity index (χ0v) is 12.1. The molecule has 0 aromatic heterocycles. The van der Waals surface area contributed by atoms with Crippen molar-refractivity contribution in [3.63, 3.8) is 0 Å². The molecule has 2 atom stereocenters. The summed E-state index contributed by atoms with van der Waals surface area (Å²) in [6, 6.07) is 10.4. The van der Waals surface area contributed by atoms with Gasteiger partial charge in [-0.2, -0.15) is 0 Å². The zero-order chi connectivity index (χ0) is 13.8. The minimum Gasteiger partial charge on any atom is -0.355 e. The third-order valence-corrected chi connectivity index (χ3v) is 4.53. The third-order valence-electron chi connectivity index (χ3n) is 4.53. The molecule has 1 aromatic rings. The molecule has 1 saturated carbocycles. The number of likely N-dealkylation sites (tertiary alicyclic amines) is 1. The topological polar surface area (TPSA) is 32.3 Å². The van der Waals surface area contributed by atoms with E-state index in [9.17, 15) is 4.79 Å². The van der Waals surface area contributed by atoms with Crippen LogP contribution in [0.1, 0.15) is 37.2 Å². The van der Waals surface area contributed by atoms with Crippen LogP contribution in [0.3, 0.4) is 0 Å². The van der Waals surface area contributed by atoms with Crippen LogP contribution in [0.25, 0.3) is 0 Å². The summed E-state index contributed by atoms with van der Waals surface area (Å²) in [6.45, 7) is 4.21. The molecule has 20 heavy (non-hydrogen) atoms. The Morgan fingerprint density at radius 2 is 1.90 bits per heavy atom. The van der Waals surface area contributed by atoms with Crippen LogP contribution in [0.4, 0.5) is 0 Å². The fraction of sp³-hybridized carbons (Fsp3) is 0.588. The van der Waals surface area contributed by atoms with Crippen molar-refractivity contribution >= 4 is 5.91 Å². The Labute approximate surface area is 121 Å². The molecule has 2 unspecified atom stereocenters. The molecule has 1 saturated heterocycles. The molecule has 0 spiro atoms. The van der Waals surface area contributed by atoms with E-state index in [1.165, 1.54) is 37.9 Å². The van der Waals surface area contributed by atoms with E-state index in [4.69, 9.17) is 0 Å². The van der Waals surface area contributed by atoms with Gasteiger partial charge in [-0.25, -0.2) is 0 Å². The standard InChI is InChI=1S/C17H24N2O/c20-17(18-9-12-19-10-5-2-6-11-19)16-13-15(16)14-7-3-1-4-8-14/h1,3-4,7-8,15-16H,2,5-6,9-13H2,(H,18,20). The van der Waals surface area contributed by atoms with Crippen LogP contribution in [0.15, 0.2) is 30.3 Å². The van der Waals surface area contributed by atoms with Crippen LogP contribution in [-0.2, 0) is 4.79 Å². The van der Waals surface area contributed by atoms with Crippen molar-refractivity contribution in [1.82, 2.24) is 10.2 Å². The van der Waals surface area contributed by atoms with Crippen molar-refractivity contribution in [3.05, 3.63) is 35.9 Å².